The van der Waals surface area contributed by atoms with Gasteiger partial charge in [0.05, 0.1) is 16.7 Å². The molecule has 0 aliphatic heterocycles. The van der Waals surface area contributed by atoms with Crippen molar-refractivity contribution < 1.29 is 8.83 Å². The van der Waals surface area contributed by atoms with Crippen molar-refractivity contribution in [3.63, 3.8) is 0 Å². The fourth-order valence-corrected chi connectivity index (χ4v) is 21.3. The molecular formula is C86H55NO2Si. The molecule has 0 radical (unpaired) electrons. The number of fused-ring (bicyclic) bond motifs is 9. The van der Waals surface area contributed by atoms with Crippen molar-refractivity contribution in [1.29, 1.82) is 0 Å². The minimum atomic E-state index is -3.15. The minimum Gasteiger partial charge on any atom is -0.456 e. The molecule has 3 aromatic heterocycles. The van der Waals surface area contributed by atoms with E-state index < -0.39 is 8.07 Å². The Bertz CT molecular complexity index is 5580. The Labute approximate surface area is 521 Å². The first-order valence-electron chi connectivity index (χ1n) is 31.3. The number of rotatable bonds is 9. The highest BCUT2D eigenvalue weighted by molar-refractivity contribution is 7.20. The van der Waals surface area contributed by atoms with Crippen molar-refractivity contribution >= 4 is 94.5 Å². The molecule has 3 aliphatic rings. The van der Waals surface area contributed by atoms with Crippen LogP contribution in [0.2, 0.25) is 0 Å². The highest BCUT2D eigenvalue weighted by Gasteiger charge is 2.50. The van der Waals surface area contributed by atoms with E-state index in [-0.39, 0.29) is 11.8 Å². The Hall–Kier alpha value is -11.3. The van der Waals surface area contributed by atoms with E-state index >= 15 is 0 Å². The van der Waals surface area contributed by atoms with E-state index in [1.165, 1.54) is 98.3 Å². The van der Waals surface area contributed by atoms with E-state index in [0.29, 0.717) is 0 Å². The summed E-state index contributed by atoms with van der Waals surface area (Å²) in [4.78, 5) is 0. The lowest BCUT2D eigenvalue weighted by Gasteiger charge is -2.47. The monoisotopic (exact) mass is 1160 g/mol. The van der Waals surface area contributed by atoms with E-state index in [1.54, 1.807) is 0 Å². The molecule has 3 nitrogen and oxygen atoms in total. The van der Waals surface area contributed by atoms with E-state index in [1.807, 2.05) is 12.1 Å². The maximum absolute atomic E-state index is 6.42. The van der Waals surface area contributed by atoms with Crippen molar-refractivity contribution in [2.75, 3.05) is 0 Å². The van der Waals surface area contributed by atoms with Crippen LogP contribution in [0.3, 0.4) is 0 Å². The molecule has 14 aromatic carbocycles. The Morgan fingerprint density at radius 3 is 1.40 bits per heavy atom. The van der Waals surface area contributed by atoms with Crippen molar-refractivity contribution in [2.45, 2.75) is 11.8 Å². The lowest BCUT2D eigenvalue weighted by molar-refractivity contribution is 0.668. The van der Waals surface area contributed by atoms with Gasteiger partial charge in [0, 0.05) is 44.2 Å². The first kappa shape index (κ1) is 50.8. The zero-order valence-electron chi connectivity index (χ0n) is 49.0. The Kier molecular flexibility index (Phi) is 11.2. The summed E-state index contributed by atoms with van der Waals surface area (Å²) in [6.07, 6.45) is 0. The fraction of sp³-hybridized carbons (Fsp3) is 0.0233. The van der Waals surface area contributed by atoms with Crippen LogP contribution in [0.25, 0.3) is 116 Å². The predicted octanol–water partition coefficient (Wildman–Crippen LogP) is 19.6. The number of hydrogen-bond donors (Lipinski definition) is 0. The summed E-state index contributed by atoms with van der Waals surface area (Å²) in [5.41, 5.74) is 24.8. The average molecular weight is 1160 g/mol. The minimum absolute atomic E-state index is 0.0260. The normalized spacial score (nSPS) is 14.2. The van der Waals surface area contributed by atoms with E-state index in [4.69, 9.17) is 8.83 Å². The van der Waals surface area contributed by atoms with Gasteiger partial charge in [-0.3, -0.25) is 0 Å². The number of benzene rings is 14. The van der Waals surface area contributed by atoms with Crippen molar-refractivity contribution in [1.82, 2.24) is 4.57 Å². The molecular weight excluding hydrogens is 1110 g/mol. The summed E-state index contributed by atoms with van der Waals surface area (Å²) >= 11 is 0. The van der Waals surface area contributed by atoms with Crippen LogP contribution in [-0.4, -0.2) is 12.6 Å². The molecule has 90 heavy (non-hydrogen) atoms. The molecule has 420 valence electrons. The van der Waals surface area contributed by atoms with Gasteiger partial charge in [0.1, 0.15) is 22.3 Å². The van der Waals surface area contributed by atoms with Crippen LogP contribution in [-0.2, 0) is 0 Å². The quantitative estimate of drug-likeness (QED) is 0.107. The molecule has 0 saturated heterocycles. The zero-order chi connectivity index (χ0) is 59.0. The topological polar surface area (TPSA) is 31.2 Å². The van der Waals surface area contributed by atoms with Gasteiger partial charge in [-0.05, 0) is 159 Å². The van der Waals surface area contributed by atoms with Gasteiger partial charge < -0.3 is 13.4 Å². The van der Waals surface area contributed by atoms with Gasteiger partial charge in [-0.15, -0.1) is 0 Å². The number of nitrogens with zero attached hydrogens (tertiary/aromatic N) is 1. The van der Waals surface area contributed by atoms with Crippen molar-refractivity contribution in [3.05, 3.63) is 355 Å². The summed E-state index contributed by atoms with van der Waals surface area (Å²) in [6.45, 7) is 0. The van der Waals surface area contributed by atoms with E-state index in [0.717, 1.165) is 71.7 Å². The number of aromatic nitrogens is 1. The van der Waals surface area contributed by atoms with E-state index in [9.17, 15) is 0 Å². The summed E-state index contributed by atoms with van der Waals surface area (Å²) in [6, 6.07) is 121. The second-order valence-corrected chi connectivity index (χ2v) is 28.2. The second kappa shape index (κ2) is 19.9. The van der Waals surface area contributed by atoms with Crippen molar-refractivity contribution in [3.8, 4) is 50.2 Å². The summed E-state index contributed by atoms with van der Waals surface area (Å²) < 4.78 is 15.4. The highest BCUT2D eigenvalue weighted by Crippen LogP contribution is 2.58. The molecule has 0 amide bonds. The lowest BCUT2D eigenvalue weighted by atomic mass is 9.60. The molecule has 2 unspecified atom stereocenters. The zero-order valence-corrected chi connectivity index (χ0v) is 50.0. The van der Waals surface area contributed by atoms with Crippen LogP contribution in [0, 0.1) is 0 Å². The molecule has 17 aromatic rings. The van der Waals surface area contributed by atoms with Crippen LogP contribution in [0.15, 0.2) is 330 Å². The first-order valence-corrected chi connectivity index (χ1v) is 33.3. The molecule has 2 atom stereocenters. The smallest absolute Gasteiger partial charge is 0.179 e. The van der Waals surface area contributed by atoms with Gasteiger partial charge in [0.25, 0.3) is 0 Å². The Balaban J connectivity index is 0.848. The number of hydrogen-bond acceptors (Lipinski definition) is 2. The second-order valence-electron chi connectivity index (χ2n) is 24.4. The average Bonchev–Trinajstić information content (AvgIpc) is 0.784. The molecule has 0 saturated carbocycles. The third kappa shape index (κ3) is 7.40. The summed E-state index contributed by atoms with van der Waals surface area (Å²) in [5.74, 6) is -0.0439. The highest BCUT2D eigenvalue weighted by atomic mass is 28.3. The molecule has 0 spiro atoms. The summed E-state index contributed by atoms with van der Waals surface area (Å²) in [7, 11) is -3.15. The number of furan rings is 2. The molecule has 3 aliphatic carbocycles. The standard InChI is InChI=1S/C86H55NO2Si/c1-4-22-54(23-5-1)55-24-18-29-61(50-55)90(59-25-6-2-7-26-59,60-27-8-3-9-28-60)81-43-21-38-70-83-67-33-10-11-34-68(67)86(85(70)81)84-69(83)37-20-40-76(84)87-74-39-15-12-30-64(74)71-53-58(44-47-75(71)87)82-62(56-45-48-79-72(51-56)65-31-13-16-41-77(65)88-79)35-19-36-63(82)57-46-49-80-73(52-57)66-32-14-17-42-78(66)89-80/h1-53,83,86H. The van der Waals surface area contributed by atoms with Gasteiger partial charge in [-0.1, -0.05) is 261 Å². The van der Waals surface area contributed by atoms with Gasteiger partial charge in [0.2, 0.25) is 0 Å². The van der Waals surface area contributed by atoms with Crippen molar-refractivity contribution in [2.24, 2.45) is 0 Å². The third-order valence-electron chi connectivity index (χ3n) is 19.9. The SMILES string of the molecule is c1ccc(-c2cccc([Si](c3ccccc3)(c3ccccc3)c3cccc4c3C3c5ccccc5C4c4cccc(-n5c6ccccc6c6cc(-c7c(-c8ccc9oc%10ccccc%10c9c8)cccc7-c7ccc8oc9ccccc9c8c7)ccc65)c43)c2)cc1. The predicted molar refractivity (Wildman–Crippen MR) is 375 cm³/mol. The van der Waals surface area contributed by atoms with Gasteiger partial charge in [-0.2, -0.15) is 0 Å². The molecule has 0 N–H and O–H groups in total. The molecule has 0 fully saturated rings. The largest absolute Gasteiger partial charge is 0.456 e. The van der Waals surface area contributed by atoms with Crippen LogP contribution in [0.1, 0.15) is 45.2 Å². The van der Waals surface area contributed by atoms with Gasteiger partial charge >= 0.3 is 0 Å². The third-order valence-corrected chi connectivity index (χ3v) is 24.8. The summed E-state index contributed by atoms with van der Waals surface area (Å²) in [5, 5.41) is 12.4. The molecule has 20 rings (SSSR count). The Morgan fingerprint density at radius 1 is 0.267 bits per heavy atom. The van der Waals surface area contributed by atoms with Crippen LogP contribution in [0.4, 0.5) is 0 Å². The molecule has 4 heteroatoms. The molecule has 3 heterocycles. The lowest BCUT2D eigenvalue weighted by Crippen LogP contribution is -2.75. The van der Waals surface area contributed by atoms with E-state index in [2.05, 4.69) is 314 Å². The maximum atomic E-state index is 6.42. The van der Waals surface area contributed by atoms with Crippen LogP contribution >= 0.6 is 0 Å². The Morgan fingerprint density at radius 2 is 0.733 bits per heavy atom. The first-order chi connectivity index (χ1) is 44.7. The fourth-order valence-electron chi connectivity index (χ4n) is 16.2. The van der Waals surface area contributed by atoms with Gasteiger partial charge in [0.15, 0.2) is 8.07 Å². The molecule has 2 bridgehead atoms. The maximum Gasteiger partial charge on any atom is 0.179 e. The van der Waals surface area contributed by atoms with Crippen LogP contribution < -0.4 is 20.7 Å². The van der Waals surface area contributed by atoms with Gasteiger partial charge in [-0.25, -0.2) is 0 Å². The number of para-hydroxylation sites is 3. The van der Waals surface area contributed by atoms with Crippen LogP contribution in [0.5, 0.6) is 0 Å².